The van der Waals surface area contributed by atoms with Crippen LogP contribution < -0.4 is 14.8 Å². The summed E-state index contributed by atoms with van der Waals surface area (Å²) in [5, 5.41) is 3.17. The van der Waals surface area contributed by atoms with E-state index in [1.807, 2.05) is 37.3 Å². The van der Waals surface area contributed by atoms with Gasteiger partial charge in [0.2, 0.25) is 0 Å². The van der Waals surface area contributed by atoms with Gasteiger partial charge in [0, 0.05) is 12.0 Å². The van der Waals surface area contributed by atoms with Gasteiger partial charge in [-0.25, -0.2) is 0 Å². The van der Waals surface area contributed by atoms with E-state index in [-0.39, 0.29) is 17.6 Å². The molecule has 2 aliphatic rings. The van der Waals surface area contributed by atoms with Gasteiger partial charge < -0.3 is 14.8 Å². The van der Waals surface area contributed by atoms with Gasteiger partial charge in [0.05, 0.1) is 6.04 Å². The molecule has 0 saturated carbocycles. The summed E-state index contributed by atoms with van der Waals surface area (Å²) < 4.78 is 12.0. The molecule has 1 amide bonds. The Balaban J connectivity index is 1.45. The van der Waals surface area contributed by atoms with Crippen molar-refractivity contribution in [2.24, 2.45) is 0 Å². The lowest BCUT2D eigenvalue weighted by molar-refractivity contribution is -0.128. The fourth-order valence-corrected chi connectivity index (χ4v) is 4.26. The minimum Gasteiger partial charge on any atom is -0.487 e. The van der Waals surface area contributed by atoms with E-state index in [4.69, 9.17) is 9.47 Å². The Hall–Kier alpha value is -2.49. The van der Waals surface area contributed by atoms with Gasteiger partial charge in [-0.15, -0.1) is 0 Å². The summed E-state index contributed by atoms with van der Waals surface area (Å²) in [6.45, 7) is 5.91. The van der Waals surface area contributed by atoms with E-state index in [1.165, 1.54) is 24.0 Å². The molecule has 0 spiro atoms. The molecule has 0 bridgehead atoms. The van der Waals surface area contributed by atoms with Crippen molar-refractivity contribution >= 4 is 5.91 Å². The highest BCUT2D eigenvalue weighted by Crippen LogP contribution is 2.39. The fourth-order valence-electron chi connectivity index (χ4n) is 4.26. The SMILES string of the molecule is C[C@@H](Oc1ccc2c(c1)CCCC2)C(=O)N[C@H]1CC(C)(C)Oc2ccccc21. The molecule has 1 aliphatic carbocycles. The maximum atomic E-state index is 12.8. The largest absolute Gasteiger partial charge is 0.487 e. The van der Waals surface area contributed by atoms with Crippen LogP contribution in [-0.2, 0) is 17.6 Å². The quantitative estimate of drug-likeness (QED) is 0.834. The highest BCUT2D eigenvalue weighted by Gasteiger charge is 2.35. The van der Waals surface area contributed by atoms with Crippen LogP contribution in [0.3, 0.4) is 0 Å². The highest BCUT2D eigenvalue weighted by molar-refractivity contribution is 5.81. The standard InChI is InChI=1S/C24H29NO3/c1-16(27-19-13-12-17-8-4-5-9-18(17)14-19)23(26)25-21-15-24(2,3)28-22-11-7-6-10-20(21)22/h6-7,10-14,16,21H,4-5,8-9,15H2,1-3H3,(H,25,26)/t16-,21+/m1/s1. The second-order valence-electron chi connectivity index (χ2n) is 8.56. The molecule has 0 saturated heterocycles. The maximum Gasteiger partial charge on any atom is 0.261 e. The molecule has 0 radical (unpaired) electrons. The third-order valence-electron chi connectivity index (χ3n) is 5.69. The van der Waals surface area contributed by atoms with Gasteiger partial charge >= 0.3 is 0 Å². The van der Waals surface area contributed by atoms with E-state index in [1.54, 1.807) is 0 Å². The number of hydrogen-bond donors (Lipinski definition) is 1. The van der Waals surface area contributed by atoms with Gasteiger partial charge in [-0.2, -0.15) is 0 Å². The molecule has 4 rings (SSSR count). The highest BCUT2D eigenvalue weighted by atomic mass is 16.5. The molecular weight excluding hydrogens is 350 g/mol. The van der Waals surface area contributed by atoms with Crippen LogP contribution in [0.4, 0.5) is 0 Å². The lowest BCUT2D eigenvalue weighted by Gasteiger charge is -2.38. The number of nitrogens with one attached hydrogen (secondary N) is 1. The van der Waals surface area contributed by atoms with Gasteiger partial charge in [0.25, 0.3) is 5.91 Å². The summed E-state index contributed by atoms with van der Waals surface area (Å²) in [5.41, 5.74) is 3.47. The smallest absolute Gasteiger partial charge is 0.261 e. The molecule has 2 atom stereocenters. The number of rotatable bonds is 4. The van der Waals surface area contributed by atoms with Crippen molar-refractivity contribution in [2.45, 2.75) is 70.6 Å². The van der Waals surface area contributed by atoms with E-state index < -0.39 is 6.10 Å². The number of para-hydroxylation sites is 1. The second-order valence-corrected chi connectivity index (χ2v) is 8.56. The molecule has 148 valence electrons. The number of amides is 1. The fraction of sp³-hybridized carbons (Fsp3) is 0.458. The van der Waals surface area contributed by atoms with Gasteiger partial charge in [-0.3, -0.25) is 4.79 Å². The average molecular weight is 380 g/mol. The Morgan fingerprint density at radius 2 is 1.89 bits per heavy atom. The van der Waals surface area contributed by atoms with E-state index in [2.05, 4.69) is 31.3 Å². The van der Waals surface area contributed by atoms with Crippen molar-refractivity contribution in [3.05, 3.63) is 59.2 Å². The third-order valence-corrected chi connectivity index (χ3v) is 5.69. The molecule has 1 aliphatic heterocycles. The van der Waals surface area contributed by atoms with Crippen LogP contribution in [0.5, 0.6) is 11.5 Å². The zero-order valence-electron chi connectivity index (χ0n) is 17.0. The molecule has 4 heteroatoms. The van der Waals surface area contributed by atoms with Crippen molar-refractivity contribution in [3.63, 3.8) is 0 Å². The summed E-state index contributed by atoms with van der Waals surface area (Å²) in [4.78, 5) is 12.8. The maximum absolute atomic E-state index is 12.8. The number of fused-ring (bicyclic) bond motifs is 2. The number of aryl methyl sites for hydroxylation is 2. The van der Waals surface area contributed by atoms with Crippen molar-refractivity contribution in [1.82, 2.24) is 5.32 Å². The molecule has 2 aromatic rings. The van der Waals surface area contributed by atoms with E-state index >= 15 is 0 Å². The number of ether oxygens (including phenoxy) is 2. The molecule has 1 heterocycles. The first kappa shape index (κ1) is 18.9. The van der Waals surface area contributed by atoms with Gasteiger partial charge in [0.15, 0.2) is 6.10 Å². The molecule has 0 fully saturated rings. The Labute approximate surface area is 167 Å². The molecule has 28 heavy (non-hydrogen) atoms. The minimum absolute atomic E-state index is 0.0815. The Morgan fingerprint density at radius 3 is 2.71 bits per heavy atom. The van der Waals surface area contributed by atoms with Gasteiger partial charge in [0.1, 0.15) is 17.1 Å². The van der Waals surface area contributed by atoms with Crippen LogP contribution in [0.1, 0.15) is 62.8 Å². The zero-order chi connectivity index (χ0) is 19.7. The summed E-state index contributed by atoms with van der Waals surface area (Å²) in [6.07, 6.45) is 4.90. The van der Waals surface area contributed by atoms with Crippen LogP contribution in [0.15, 0.2) is 42.5 Å². The molecular formula is C24H29NO3. The monoisotopic (exact) mass is 379 g/mol. The first-order chi connectivity index (χ1) is 13.4. The van der Waals surface area contributed by atoms with Crippen molar-refractivity contribution in [2.75, 3.05) is 0 Å². The lowest BCUT2D eigenvalue weighted by atomic mass is 9.89. The average Bonchev–Trinajstić information content (AvgIpc) is 2.67. The zero-order valence-corrected chi connectivity index (χ0v) is 17.0. The predicted octanol–water partition coefficient (Wildman–Crippen LogP) is 4.75. The number of carbonyl (C=O) groups is 1. The Kier molecular flexibility index (Phi) is 5.05. The lowest BCUT2D eigenvalue weighted by Crippen LogP contribution is -2.44. The summed E-state index contributed by atoms with van der Waals surface area (Å²) in [7, 11) is 0. The topological polar surface area (TPSA) is 47.6 Å². The molecule has 0 unspecified atom stereocenters. The van der Waals surface area contributed by atoms with Crippen molar-refractivity contribution in [1.29, 1.82) is 0 Å². The van der Waals surface area contributed by atoms with Gasteiger partial charge in [-0.1, -0.05) is 24.3 Å². The first-order valence-corrected chi connectivity index (χ1v) is 10.3. The normalized spacial score (nSPS) is 20.9. The summed E-state index contributed by atoms with van der Waals surface area (Å²) in [6, 6.07) is 14.1. The molecule has 1 N–H and O–H groups in total. The van der Waals surface area contributed by atoms with Gasteiger partial charge in [-0.05, 0) is 75.8 Å². The predicted molar refractivity (Wildman–Crippen MR) is 110 cm³/mol. The number of carbonyl (C=O) groups excluding carboxylic acids is 1. The van der Waals surface area contributed by atoms with Crippen LogP contribution in [0.2, 0.25) is 0 Å². The Morgan fingerprint density at radius 1 is 1.14 bits per heavy atom. The number of benzene rings is 2. The minimum atomic E-state index is -0.556. The Bertz CT molecular complexity index is 874. The van der Waals surface area contributed by atoms with Crippen LogP contribution >= 0.6 is 0 Å². The van der Waals surface area contributed by atoms with Crippen LogP contribution in [0.25, 0.3) is 0 Å². The van der Waals surface area contributed by atoms with E-state index in [0.29, 0.717) is 0 Å². The van der Waals surface area contributed by atoms with Crippen molar-refractivity contribution < 1.29 is 14.3 Å². The van der Waals surface area contributed by atoms with E-state index in [9.17, 15) is 4.79 Å². The third kappa shape index (κ3) is 4.01. The first-order valence-electron chi connectivity index (χ1n) is 10.3. The van der Waals surface area contributed by atoms with E-state index in [0.717, 1.165) is 36.3 Å². The summed E-state index contributed by atoms with van der Waals surface area (Å²) >= 11 is 0. The molecule has 2 aromatic carbocycles. The summed E-state index contributed by atoms with van der Waals surface area (Å²) in [5.74, 6) is 1.51. The molecule has 0 aromatic heterocycles. The van der Waals surface area contributed by atoms with Crippen molar-refractivity contribution in [3.8, 4) is 11.5 Å². The number of hydrogen-bond acceptors (Lipinski definition) is 3. The van der Waals surface area contributed by atoms with Crippen LogP contribution in [0, 0.1) is 0 Å². The van der Waals surface area contributed by atoms with Crippen LogP contribution in [-0.4, -0.2) is 17.6 Å². The molecule has 4 nitrogen and oxygen atoms in total. The second kappa shape index (κ2) is 7.50.